The van der Waals surface area contributed by atoms with E-state index in [1.165, 1.54) is 30.6 Å². The molecule has 0 unspecified atom stereocenters. The van der Waals surface area contributed by atoms with Crippen molar-refractivity contribution in [3.05, 3.63) is 21.9 Å². The Balaban J connectivity index is 1.93. The molecular formula is C14H17NO2S. The van der Waals surface area contributed by atoms with Crippen molar-refractivity contribution in [3.8, 4) is 11.8 Å². The van der Waals surface area contributed by atoms with Gasteiger partial charge in [0.2, 0.25) is 0 Å². The summed E-state index contributed by atoms with van der Waals surface area (Å²) in [6, 6.07) is 3.95. The Bertz CT molecular complexity index is 464. The quantitative estimate of drug-likeness (QED) is 0.803. The summed E-state index contributed by atoms with van der Waals surface area (Å²) in [7, 11) is 0. The van der Waals surface area contributed by atoms with Gasteiger partial charge in [-0.1, -0.05) is 31.1 Å². The number of thiophene rings is 1. The van der Waals surface area contributed by atoms with Crippen LogP contribution in [0.2, 0.25) is 0 Å². The van der Waals surface area contributed by atoms with E-state index in [1.807, 2.05) is 6.07 Å². The molecular weight excluding hydrogens is 246 g/mol. The molecule has 1 aliphatic carbocycles. The minimum atomic E-state index is -0.151. The maximum absolute atomic E-state index is 12.0. The van der Waals surface area contributed by atoms with Gasteiger partial charge in [-0.2, -0.15) is 0 Å². The van der Waals surface area contributed by atoms with Crippen molar-refractivity contribution < 1.29 is 9.90 Å². The lowest BCUT2D eigenvalue weighted by molar-refractivity contribution is 0.0932. The summed E-state index contributed by atoms with van der Waals surface area (Å²) in [4.78, 5) is 13.5. The van der Waals surface area contributed by atoms with Gasteiger partial charge in [0.25, 0.3) is 5.91 Å². The number of hydrogen-bond donors (Lipinski definition) is 2. The highest BCUT2D eigenvalue weighted by Gasteiger charge is 2.17. The molecule has 1 aromatic heterocycles. The van der Waals surface area contributed by atoms with Crippen LogP contribution < -0.4 is 5.32 Å². The van der Waals surface area contributed by atoms with Gasteiger partial charge < -0.3 is 10.4 Å². The van der Waals surface area contributed by atoms with Crippen molar-refractivity contribution in [3.63, 3.8) is 0 Å². The van der Waals surface area contributed by atoms with E-state index in [9.17, 15) is 4.79 Å². The van der Waals surface area contributed by atoms with Gasteiger partial charge >= 0.3 is 0 Å². The number of carbonyl (C=O) groups is 1. The lowest BCUT2D eigenvalue weighted by Gasteiger charge is -2.22. The van der Waals surface area contributed by atoms with Gasteiger partial charge in [-0.05, 0) is 25.0 Å². The fraction of sp³-hybridized carbons (Fsp3) is 0.500. The number of amides is 1. The van der Waals surface area contributed by atoms with E-state index in [4.69, 9.17) is 5.11 Å². The van der Waals surface area contributed by atoms with Crippen LogP contribution in [-0.2, 0) is 0 Å². The molecule has 4 heteroatoms. The second-order valence-electron chi connectivity index (χ2n) is 4.43. The van der Waals surface area contributed by atoms with Gasteiger partial charge in [0, 0.05) is 6.04 Å². The molecule has 1 amide bonds. The lowest BCUT2D eigenvalue weighted by atomic mass is 9.95. The van der Waals surface area contributed by atoms with Crippen molar-refractivity contribution in [1.82, 2.24) is 5.32 Å². The highest BCUT2D eigenvalue weighted by atomic mass is 32.1. The van der Waals surface area contributed by atoms with Crippen molar-refractivity contribution in [2.75, 3.05) is 6.61 Å². The summed E-state index contributed by atoms with van der Waals surface area (Å²) in [5.74, 6) is 5.40. The molecule has 0 atom stereocenters. The minimum Gasteiger partial charge on any atom is -0.384 e. The predicted octanol–water partition coefficient (Wildman–Crippen LogP) is 2.15. The van der Waals surface area contributed by atoms with Crippen molar-refractivity contribution in [2.45, 2.75) is 38.1 Å². The van der Waals surface area contributed by atoms with E-state index in [0.717, 1.165) is 17.7 Å². The average Bonchev–Trinajstić information content (AvgIpc) is 2.86. The number of aliphatic hydroxyl groups excluding tert-OH is 1. The molecule has 1 aliphatic rings. The van der Waals surface area contributed by atoms with E-state index in [1.54, 1.807) is 6.07 Å². The zero-order valence-corrected chi connectivity index (χ0v) is 11.1. The average molecular weight is 263 g/mol. The molecule has 0 aliphatic heterocycles. The zero-order chi connectivity index (χ0) is 12.8. The summed E-state index contributed by atoms with van der Waals surface area (Å²) in [5, 5.41) is 11.7. The van der Waals surface area contributed by atoms with E-state index in [2.05, 4.69) is 17.2 Å². The van der Waals surface area contributed by atoms with E-state index in [-0.39, 0.29) is 12.5 Å². The summed E-state index contributed by atoms with van der Waals surface area (Å²) in [5.41, 5.74) is 0. The Labute approximate surface area is 111 Å². The molecule has 2 N–H and O–H groups in total. The van der Waals surface area contributed by atoms with Crippen LogP contribution in [0.15, 0.2) is 12.1 Å². The molecule has 1 saturated carbocycles. The molecule has 3 nitrogen and oxygen atoms in total. The number of nitrogens with one attached hydrogen (secondary N) is 1. The van der Waals surface area contributed by atoms with Crippen LogP contribution in [0.25, 0.3) is 0 Å². The number of aliphatic hydroxyl groups is 1. The van der Waals surface area contributed by atoms with Gasteiger partial charge in [-0.3, -0.25) is 4.79 Å². The highest BCUT2D eigenvalue weighted by molar-refractivity contribution is 7.14. The number of carbonyl (C=O) groups excluding carboxylic acids is 1. The third kappa shape index (κ3) is 3.59. The van der Waals surface area contributed by atoms with Gasteiger partial charge in [0.1, 0.15) is 6.61 Å². The summed E-state index contributed by atoms with van der Waals surface area (Å²) in [6.45, 7) is -0.151. The fourth-order valence-electron chi connectivity index (χ4n) is 2.16. The Morgan fingerprint density at radius 1 is 1.39 bits per heavy atom. The summed E-state index contributed by atoms with van der Waals surface area (Å²) >= 11 is 1.37. The molecule has 1 aromatic rings. The van der Waals surface area contributed by atoms with Gasteiger partial charge in [0.05, 0.1) is 9.75 Å². The Morgan fingerprint density at radius 2 is 2.17 bits per heavy atom. The minimum absolute atomic E-state index is 0.00366. The largest absolute Gasteiger partial charge is 0.384 e. The highest BCUT2D eigenvalue weighted by Crippen LogP contribution is 2.19. The maximum Gasteiger partial charge on any atom is 0.261 e. The lowest BCUT2D eigenvalue weighted by Crippen LogP contribution is -2.35. The number of hydrogen-bond acceptors (Lipinski definition) is 3. The summed E-state index contributed by atoms with van der Waals surface area (Å²) < 4.78 is 0. The zero-order valence-electron chi connectivity index (χ0n) is 10.2. The number of rotatable bonds is 2. The van der Waals surface area contributed by atoms with Crippen LogP contribution in [-0.4, -0.2) is 23.7 Å². The third-order valence-electron chi connectivity index (χ3n) is 3.06. The maximum atomic E-state index is 12.0. The van der Waals surface area contributed by atoms with Gasteiger partial charge in [0.15, 0.2) is 0 Å². The molecule has 1 fully saturated rings. The normalized spacial score (nSPS) is 15.8. The molecule has 18 heavy (non-hydrogen) atoms. The molecule has 0 spiro atoms. The molecule has 2 rings (SSSR count). The van der Waals surface area contributed by atoms with Crippen molar-refractivity contribution in [1.29, 1.82) is 0 Å². The Hall–Kier alpha value is -1.31. The summed E-state index contributed by atoms with van der Waals surface area (Å²) in [6.07, 6.45) is 5.89. The second kappa shape index (κ2) is 6.58. The van der Waals surface area contributed by atoms with E-state index >= 15 is 0 Å². The molecule has 0 aromatic carbocycles. The van der Waals surface area contributed by atoms with Crippen LogP contribution in [0, 0.1) is 11.8 Å². The first kappa shape index (κ1) is 13.1. The van der Waals surface area contributed by atoms with Crippen LogP contribution in [0.3, 0.4) is 0 Å². The van der Waals surface area contributed by atoms with Crippen molar-refractivity contribution in [2.24, 2.45) is 0 Å². The van der Waals surface area contributed by atoms with Gasteiger partial charge in [-0.15, -0.1) is 11.3 Å². The predicted molar refractivity (Wildman–Crippen MR) is 72.6 cm³/mol. The molecule has 1 heterocycles. The van der Waals surface area contributed by atoms with Crippen LogP contribution in [0.4, 0.5) is 0 Å². The second-order valence-corrected chi connectivity index (χ2v) is 5.52. The first-order chi connectivity index (χ1) is 8.79. The molecule has 0 saturated heterocycles. The van der Waals surface area contributed by atoms with E-state index in [0.29, 0.717) is 10.9 Å². The SMILES string of the molecule is O=C(NC1CCCCC1)c1ccc(C#CCO)s1. The topological polar surface area (TPSA) is 49.3 Å². The van der Waals surface area contributed by atoms with Gasteiger partial charge in [-0.25, -0.2) is 0 Å². The molecule has 96 valence electrons. The first-order valence-corrected chi connectivity index (χ1v) is 7.11. The Morgan fingerprint density at radius 3 is 2.89 bits per heavy atom. The third-order valence-corrected chi connectivity index (χ3v) is 4.06. The first-order valence-electron chi connectivity index (χ1n) is 6.30. The molecule has 0 bridgehead atoms. The van der Waals surface area contributed by atoms with Crippen LogP contribution >= 0.6 is 11.3 Å². The smallest absolute Gasteiger partial charge is 0.261 e. The Kier molecular flexibility index (Phi) is 4.80. The van der Waals surface area contributed by atoms with Crippen LogP contribution in [0.5, 0.6) is 0 Å². The van der Waals surface area contributed by atoms with Crippen molar-refractivity contribution >= 4 is 17.2 Å². The fourth-order valence-corrected chi connectivity index (χ4v) is 2.94. The molecule has 0 radical (unpaired) electrons. The van der Waals surface area contributed by atoms with E-state index < -0.39 is 0 Å². The van der Waals surface area contributed by atoms with Crippen LogP contribution in [0.1, 0.15) is 46.7 Å². The monoisotopic (exact) mass is 263 g/mol. The standard InChI is InChI=1S/C14H17NO2S/c16-10-4-7-12-8-9-13(18-12)14(17)15-11-5-2-1-3-6-11/h8-9,11,16H,1-3,5-6,10H2,(H,15,17).